The van der Waals surface area contributed by atoms with Gasteiger partial charge in [-0.05, 0) is 57.8 Å². The highest BCUT2D eigenvalue weighted by molar-refractivity contribution is 5.71. The lowest BCUT2D eigenvalue weighted by atomic mass is 10.0. The SMILES string of the molecule is CC/C=C\C/C=C\C/C=C\C/C=C\C/C=C\CCCCCCCCCCCCCCCCCCCCCCCCCC(=O)OC(COC(=O)CCCCCCCCCCCCCCCCCCCCC)COC(OCC[N+](C)(C)C)C(=O)O. The van der Waals surface area contributed by atoms with E-state index >= 15 is 0 Å². The largest absolute Gasteiger partial charge is 0.477 e. The van der Waals surface area contributed by atoms with Crippen LogP contribution in [0.4, 0.5) is 0 Å². The van der Waals surface area contributed by atoms with Gasteiger partial charge in [0.05, 0.1) is 34.4 Å². The summed E-state index contributed by atoms with van der Waals surface area (Å²) in [5, 5.41) is 9.74. The van der Waals surface area contributed by atoms with Gasteiger partial charge in [-0.15, -0.1) is 0 Å². The average molecular weight is 1170 g/mol. The quantitative estimate of drug-likeness (QED) is 0.0211. The van der Waals surface area contributed by atoms with Crippen molar-refractivity contribution in [2.24, 2.45) is 0 Å². The number of hydrogen-bond acceptors (Lipinski definition) is 7. The monoisotopic (exact) mass is 1170 g/mol. The van der Waals surface area contributed by atoms with Crippen molar-refractivity contribution in [2.75, 3.05) is 47.5 Å². The van der Waals surface area contributed by atoms with Crippen LogP contribution in [-0.4, -0.2) is 87.4 Å². The topological polar surface area (TPSA) is 108 Å². The number of allylic oxidation sites excluding steroid dienone is 10. The van der Waals surface area contributed by atoms with Crippen LogP contribution in [0.15, 0.2) is 60.8 Å². The van der Waals surface area contributed by atoms with Crippen LogP contribution in [-0.2, 0) is 33.3 Å². The number of ether oxygens (including phenoxy) is 4. The average Bonchev–Trinajstić information content (AvgIpc) is 3.46. The number of carboxylic acids is 1. The third-order valence-corrected chi connectivity index (χ3v) is 15.8. The molecule has 0 aliphatic rings. The Morgan fingerprint density at radius 3 is 1.02 bits per heavy atom. The Labute approximate surface area is 514 Å². The molecule has 0 saturated heterocycles. The normalized spacial score (nSPS) is 13.0. The number of carbonyl (C=O) groups is 3. The second kappa shape index (κ2) is 65.0. The number of carboxylic acid groups (broad SMARTS) is 1. The molecule has 0 fully saturated rings. The summed E-state index contributed by atoms with van der Waals surface area (Å²) in [5.74, 6) is -1.98. The number of rotatable bonds is 66. The molecule has 0 aliphatic carbocycles. The predicted molar refractivity (Wildman–Crippen MR) is 355 cm³/mol. The van der Waals surface area contributed by atoms with Gasteiger partial charge in [0.1, 0.15) is 13.2 Å². The van der Waals surface area contributed by atoms with E-state index in [0.29, 0.717) is 17.4 Å². The molecular formula is C74H136NO8+. The van der Waals surface area contributed by atoms with Crippen molar-refractivity contribution in [1.29, 1.82) is 0 Å². The molecule has 0 heterocycles. The van der Waals surface area contributed by atoms with Gasteiger partial charge < -0.3 is 28.5 Å². The van der Waals surface area contributed by atoms with Gasteiger partial charge in [-0.2, -0.15) is 0 Å². The van der Waals surface area contributed by atoms with Crippen molar-refractivity contribution < 1.29 is 42.9 Å². The second-order valence-corrected chi connectivity index (χ2v) is 25.2. The van der Waals surface area contributed by atoms with Gasteiger partial charge in [0.2, 0.25) is 0 Å². The van der Waals surface area contributed by atoms with Gasteiger partial charge in [0.25, 0.3) is 6.29 Å². The summed E-state index contributed by atoms with van der Waals surface area (Å²) in [7, 11) is 5.99. The Morgan fingerprint density at radius 1 is 0.373 bits per heavy atom. The molecule has 1 N–H and O–H groups in total. The van der Waals surface area contributed by atoms with Gasteiger partial charge in [-0.25, -0.2) is 4.79 Å². The summed E-state index contributed by atoms with van der Waals surface area (Å²) >= 11 is 0. The first-order valence-corrected chi connectivity index (χ1v) is 35.5. The summed E-state index contributed by atoms with van der Waals surface area (Å²) in [4.78, 5) is 37.6. The Balaban J connectivity index is 3.98. The highest BCUT2D eigenvalue weighted by atomic mass is 16.7. The third kappa shape index (κ3) is 66.4. The minimum atomic E-state index is -1.51. The van der Waals surface area contributed by atoms with E-state index in [4.69, 9.17) is 18.9 Å². The van der Waals surface area contributed by atoms with Crippen molar-refractivity contribution in [3.63, 3.8) is 0 Å². The van der Waals surface area contributed by atoms with Crippen LogP contribution in [0, 0.1) is 0 Å². The Kier molecular flexibility index (Phi) is 62.6. The van der Waals surface area contributed by atoms with Crippen LogP contribution in [0.25, 0.3) is 0 Å². The molecule has 0 aromatic rings. The van der Waals surface area contributed by atoms with Crippen molar-refractivity contribution in [1.82, 2.24) is 0 Å². The zero-order chi connectivity index (χ0) is 60.5. The lowest BCUT2D eigenvalue weighted by molar-refractivity contribution is -0.870. The van der Waals surface area contributed by atoms with Gasteiger partial charge in [-0.1, -0.05) is 325 Å². The first-order valence-electron chi connectivity index (χ1n) is 35.5. The molecule has 0 radical (unpaired) electrons. The maximum atomic E-state index is 12.9. The van der Waals surface area contributed by atoms with E-state index in [0.717, 1.165) is 70.6 Å². The van der Waals surface area contributed by atoms with Crippen LogP contribution in [0.1, 0.15) is 335 Å². The summed E-state index contributed by atoms with van der Waals surface area (Å²) in [6.45, 7) is 4.82. The van der Waals surface area contributed by atoms with E-state index in [1.165, 1.54) is 238 Å². The van der Waals surface area contributed by atoms with Crippen LogP contribution < -0.4 is 0 Å². The lowest BCUT2D eigenvalue weighted by Crippen LogP contribution is -2.40. The van der Waals surface area contributed by atoms with Crippen LogP contribution in [0.3, 0.4) is 0 Å². The van der Waals surface area contributed by atoms with E-state index in [9.17, 15) is 19.5 Å². The van der Waals surface area contributed by atoms with E-state index in [-0.39, 0.29) is 38.2 Å². The molecule has 484 valence electrons. The molecule has 0 saturated carbocycles. The summed E-state index contributed by atoms with van der Waals surface area (Å²) < 4.78 is 23.0. The number of carbonyl (C=O) groups excluding carboxylic acids is 2. The molecule has 2 atom stereocenters. The van der Waals surface area contributed by atoms with Crippen LogP contribution in [0.2, 0.25) is 0 Å². The Morgan fingerprint density at radius 2 is 0.687 bits per heavy atom. The molecule has 0 aromatic carbocycles. The number of aliphatic carboxylic acids is 1. The fraction of sp³-hybridized carbons (Fsp3) is 0.824. The first-order chi connectivity index (χ1) is 40.6. The molecule has 9 heteroatoms. The molecule has 0 bridgehead atoms. The van der Waals surface area contributed by atoms with Gasteiger partial charge >= 0.3 is 17.9 Å². The summed E-state index contributed by atoms with van der Waals surface area (Å²) in [5.41, 5.74) is 0. The summed E-state index contributed by atoms with van der Waals surface area (Å²) in [6, 6.07) is 0. The minimum absolute atomic E-state index is 0.176. The smallest absolute Gasteiger partial charge is 0.361 e. The standard InChI is InChI=1S/C74H135NO8/c1-6-8-10-12-14-16-18-20-22-24-26-27-28-29-30-31-32-33-34-35-36-37-38-39-40-41-42-43-44-45-47-49-51-53-55-57-59-61-63-65-72(77)83-70(69-82-74(73(78)79)80-67-66-75(3,4)5)68-81-71(76)64-62-60-58-56-54-52-50-48-46-25-23-21-19-17-15-13-11-9-7-2/h8,10,14,16,20,22,26-27,29-30,70,74H,6-7,9,11-13,15,17-19,21,23-25,28,31-69H2,1-5H3/p+1/b10-8-,16-14-,22-20-,27-26-,30-29-. The van der Waals surface area contributed by atoms with E-state index in [1.807, 2.05) is 21.1 Å². The third-order valence-electron chi connectivity index (χ3n) is 15.8. The number of likely N-dealkylation sites (N-methyl/N-ethyl adjacent to an activating group) is 1. The molecule has 0 aliphatic heterocycles. The maximum Gasteiger partial charge on any atom is 0.361 e. The fourth-order valence-electron chi connectivity index (χ4n) is 10.4. The number of nitrogens with zero attached hydrogens (tertiary/aromatic N) is 1. The number of unbranched alkanes of at least 4 members (excludes halogenated alkanes) is 41. The molecule has 0 rings (SSSR count). The first kappa shape index (κ1) is 80.0. The molecule has 0 aromatic heterocycles. The molecule has 0 amide bonds. The number of esters is 2. The second-order valence-electron chi connectivity index (χ2n) is 25.2. The number of quaternary nitrogens is 1. The van der Waals surface area contributed by atoms with Crippen molar-refractivity contribution >= 4 is 17.9 Å². The highest BCUT2D eigenvalue weighted by Crippen LogP contribution is 2.19. The van der Waals surface area contributed by atoms with E-state index < -0.39 is 18.4 Å². The molecule has 83 heavy (non-hydrogen) atoms. The van der Waals surface area contributed by atoms with Gasteiger partial charge in [-0.3, -0.25) is 9.59 Å². The minimum Gasteiger partial charge on any atom is -0.477 e. The maximum absolute atomic E-state index is 12.9. The zero-order valence-corrected chi connectivity index (χ0v) is 55.4. The van der Waals surface area contributed by atoms with Crippen molar-refractivity contribution in [3.05, 3.63) is 60.8 Å². The predicted octanol–water partition coefficient (Wildman–Crippen LogP) is 21.9. The molecule has 2 unspecified atom stereocenters. The zero-order valence-electron chi connectivity index (χ0n) is 55.4. The highest BCUT2D eigenvalue weighted by Gasteiger charge is 2.25. The number of hydrogen-bond donors (Lipinski definition) is 1. The fourth-order valence-corrected chi connectivity index (χ4v) is 10.4. The van der Waals surface area contributed by atoms with Crippen LogP contribution >= 0.6 is 0 Å². The Bertz CT molecular complexity index is 1550. The lowest BCUT2D eigenvalue weighted by Gasteiger charge is -2.25. The van der Waals surface area contributed by atoms with Gasteiger partial charge in [0.15, 0.2) is 6.10 Å². The van der Waals surface area contributed by atoms with Crippen LogP contribution in [0.5, 0.6) is 0 Å². The van der Waals surface area contributed by atoms with Gasteiger partial charge in [0, 0.05) is 12.8 Å². The van der Waals surface area contributed by atoms with E-state index in [1.54, 1.807) is 0 Å². The van der Waals surface area contributed by atoms with Crippen molar-refractivity contribution in [2.45, 2.75) is 347 Å². The summed E-state index contributed by atoms with van der Waals surface area (Å²) in [6.07, 6.45) is 82.0. The van der Waals surface area contributed by atoms with Crippen molar-refractivity contribution in [3.8, 4) is 0 Å². The molecular weight excluding hydrogens is 1030 g/mol. The Hall–Kier alpha value is -3.01. The molecule has 0 spiro atoms. The van der Waals surface area contributed by atoms with E-state index in [2.05, 4.69) is 74.6 Å². The molecule has 9 nitrogen and oxygen atoms in total.